The summed E-state index contributed by atoms with van der Waals surface area (Å²) in [6, 6.07) is 0. The molecule has 0 aromatic carbocycles. The topological polar surface area (TPSA) is 127 Å². The molecule has 0 aliphatic rings. The second-order valence-electron chi connectivity index (χ2n) is 19.6. The van der Waals surface area contributed by atoms with E-state index in [-0.39, 0.29) is 21.1 Å². The van der Waals surface area contributed by atoms with Crippen molar-refractivity contribution in [3.63, 3.8) is 0 Å². The van der Waals surface area contributed by atoms with Crippen molar-refractivity contribution in [1.29, 1.82) is 0 Å². The summed E-state index contributed by atoms with van der Waals surface area (Å²) in [5, 5.41) is 16.8. The van der Waals surface area contributed by atoms with Gasteiger partial charge in [0.1, 0.15) is 0 Å². The molecule has 0 aliphatic heterocycles. The van der Waals surface area contributed by atoms with E-state index in [9.17, 15) is 19.2 Å². The first kappa shape index (κ1) is 71.4. The Kier molecular flexibility index (Phi) is 68.5. The Bertz CT molecular complexity index is 1020. The van der Waals surface area contributed by atoms with Crippen molar-refractivity contribution < 1.29 is 38.9 Å². The monoisotopic (exact) mass is 1080 g/mol. The number of rotatable bonds is 52. The average molecular weight is 1080 g/mol. The van der Waals surface area contributed by atoms with Crippen LogP contribution in [0.3, 0.4) is 0 Å². The second-order valence-corrected chi connectivity index (χ2v) is 23.9. The van der Waals surface area contributed by atoms with Crippen LogP contribution in [0.5, 0.6) is 0 Å². The van der Waals surface area contributed by atoms with E-state index in [1.807, 2.05) is 0 Å². The zero-order valence-corrected chi connectivity index (χ0v) is 48.9. The second kappa shape index (κ2) is 66.2. The van der Waals surface area contributed by atoms with E-state index in [0.717, 1.165) is 50.0 Å². The van der Waals surface area contributed by atoms with Crippen molar-refractivity contribution in [3.8, 4) is 0 Å². The van der Waals surface area contributed by atoms with Gasteiger partial charge in [0.15, 0.2) is 0 Å². The molecule has 0 saturated heterocycles. The Labute approximate surface area is 438 Å². The van der Waals surface area contributed by atoms with Crippen LogP contribution < -0.4 is 0 Å². The van der Waals surface area contributed by atoms with Crippen molar-refractivity contribution in [2.45, 2.75) is 319 Å². The van der Waals surface area contributed by atoms with Crippen LogP contribution in [0, 0.1) is 0 Å². The molecule has 0 aliphatic carbocycles. The van der Waals surface area contributed by atoms with Gasteiger partial charge in [0.25, 0.3) is 0 Å². The summed E-state index contributed by atoms with van der Waals surface area (Å²) >= 11 is 0.0736. The van der Waals surface area contributed by atoms with Gasteiger partial charge in [-0.05, 0) is 12.8 Å². The molecule has 406 valence electrons. The number of hydrogen-bond acceptors (Lipinski definition) is 6. The van der Waals surface area contributed by atoms with Gasteiger partial charge in [0.05, 0.1) is 13.2 Å². The molecule has 0 saturated carbocycles. The molecule has 0 rings (SSSR count). The SMILES string of the molecule is CCCCCCCCCCCCCCCCCCOC(=O)/C=C\C(=O)O.CCCCCCCCCCCCCCCCCCOC(=O)/C=C\C(=O)O.CCCCCCC[CH2][Sn][CH2]CCCCCCC. The molecule has 2 N–H and O–H groups in total. The summed E-state index contributed by atoms with van der Waals surface area (Å²) < 4.78 is 13.2. The number of aliphatic carboxylic acids is 2. The number of unbranched alkanes of at least 4 members (excludes halogenated alkanes) is 40. The van der Waals surface area contributed by atoms with Crippen molar-refractivity contribution in [3.05, 3.63) is 24.3 Å². The zero-order valence-electron chi connectivity index (χ0n) is 46.1. The van der Waals surface area contributed by atoms with E-state index in [1.165, 1.54) is 244 Å². The maximum atomic E-state index is 11.1. The first-order chi connectivity index (χ1) is 33.7. The zero-order chi connectivity index (χ0) is 51.2. The molecule has 0 aromatic heterocycles. The molecule has 0 bridgehead atoms. The molecule has 2 radical (unpaired) electrons. The van der Waals surface area contributed by atoms with Gasteiger partial charge in [-0.1, -0.05) is 206 Å². The van der Waals surface area contributed by atoms with Gasteiger partial charge >= 0.3 is 145 Å². The van der Waals surface area contributed by atoms with Crippen LogP contribution in [0.25, 0.3) is 0 Å². The average Bonchev–Trinajstić information content (AvgIpc) is 3.34. The normalized spacial score (nSPS) is 11.1. The van der Waals surface area contributed by atoms with E-state index in [2.05, 4.69) is 27.7 Å². The quantitative estimate of drug-likeness (QED) is 0.0267. The number of carbonyl (C=O) groups excluding carboxylic acids is 2. The van der Waals surface area contributed by atoms with Gasteiger partial charge in [-0.3, -0.25) is 0 Å². The van der Waals surface area contributed by atoms with Crippen molar-refractivity contribution in [2.75, 3.05) is 13.2 Å². The fourth-order valence-electron chi connectivity index (χ4n) is 8.21. The first-order valence-electron chi connectivity index (χ1n) is 29.6. The number of carbonyl (C=O) groups is 4. The Hall–Kier alpha value is -1.84. The Morgan fingerprint density at radius 3 is 0.681 bits per heavy atom. The van der Waals surface area contributed by atoms with Crippen LogP contribution in [-0.4, -0.2) is 68.4 Å². The van der Waals surface area contributed by atoms with Gasteiger partial charge in [0.2, 0.25) is 0 Å². The number of carboxylic acid groups (broad SMARTS) is 2. The van der Waals surface area contributed by atoms with Crippen LogP contribution in [0.2, 0.25) is 8.87 Å². The molecule has 0 aromatic rings. The molecule has 0 heterocycles. The molecule has 0 fully saturated rings. The molecular formula is C60H114O8Sn. The van der Waals surface area contributed by atoms with Gasteiger partial charge in [-0.15, -0.1) is 0 Å². The molecule has 0 unspecified atom stereocenters. The van der Waals surface area contributed by atoms with Crippen LogP contribution in [0.4, 0.5) is 0 Å². The van der Waals surface area contributed by atoms with E-state index in [4.69, 9.17) is 19.7 Å². The Morgan fingerprint density at radius 2 is 0.478 bits per heavy atom. The molecule has 0 amide bonds. The molecule has 0 atom stereocenters. The van der Waals surface area contributed by atoms with E-state index in [1.54, 1.807) is 21.7 Å². The van der Waals surface area contributed by atoms with Gasteiger partial charge in [-0.2, -0.15) is 0 Å². The van der Waals surface area contributed by atoms with Crippen LogP contribution >= 0.6 is 0 Å². The number of esters is 2. The maximum absolute atomic E-state index is 11.1. The van der Waals surface area contributed by atoms with Crippen LogP contribution in [-0.2, 0) is 28.7 Å². The van der Waals surface area contributed by atoms with Crippen molar-refractivity contribution in [1.82, 2.24) is 0 Å². The molecular weight excluding hydrogens is 967 g/mol. The molecule has 9 heteroatoms. The van der Waals surface area contributed by atoms with Crippen LogP contribution in [0.15, 0.2) is 24.3 Å². The van der Waals surface area contributed by atoms with E-state index in [0.29, 0.717) is 13.2 Å². The minimum absolute atomic E-state index is 0.0736. The Morgan fingerprint density at radius 1 is 0.290 bits per heavy atom. The predicted molar refractivity (Wildman–Crippen MR) is 297 cm³/mol. The van der Waals surface area contributed by atoms with E-state index < -0.39 is 23.9 Å². The first-order valence-corrected chi connectivity index (χ1v) is 33.6. The summed E-state index contributed by atoms with van der Waals surface area (Å²) in [7, 11) is 0. The Balaban J connectivity index is -0.000000971. The van der Waals surface area contributed by atoms with Gasteiger partial charge in [-0.25, -0.2) is 19.2 Å². The third-order valence-corrected chi connectivity index (χ3v) is 16.7. The predicted octanol–water partition coefficient (Wildman–Crippen LogP) is 19.1. The summed E-state index contributed by atoms with van der Waals surface area (Å²) in [5.41, 5.74) is 0. The third kappa shape index (κ3) is 75.2. The summed E-state index contributed by atoms with van der Waals surface area (Å²) in [6.45, 7) is 9.89. The fourth-order valence-corrected chi connectivity index (χ4v) is 11.8. The molecule has 0 spiro atoms. The number of carboxylic acids is 2. The number of hydrogen-bond donors (Lipinski definition) is 2. The summed E-state index contributed by atoms with van der Waals surface area (Å²) in [5.74, 6) is -3.42. The van der Waals surface area contributed by atoms with Gasteiger partial charge < -0.3 is 19.7 Å². The van der Waals surface area contributed by atoms with Gasteiger partial charge in [0, 0.05) is 24.3 Å². The standard InChI is InChI=1S/2C22H40O4.2C8H17.Sn/c2*1-2-3-4-5-6-7-8-9-10-11-12-13-14-15-16-17-20-26-22(25)19-18-21(23)24;2*1-3-5-7-8-6-4-2;/h2*18-19H,2-17,20H2,1H3,(H,23,24);2*1,3-8H2,2H3;/b2*19-18-;;;. The molecule has 69 heavy (non-hydrogen) atoms. The molecule has 8 nitrogen and oxygen atoms in total. The van der Waals surface area contributed by atoms with Crippen molar-refractivity contribution in [2.24, 2.45) is 0 Å². The van der Waals surface area contributed by atoms with Crippen molar-refractivity contribution >= 4 is 45.0 Å². The van der Waals surface area contributed by atoms with E-state index >= 15 is 0 Å². The number of ether oxygens (including phenoxy) is 2. The summed E-state index contributed by atoms with van der Waals surface area (Å²) in [6.07, 6.45) is 63.3. The third-order valence-electron chi connectivity index (χ3n) is 12.6. The fraction of sp³-hybridized carbons (Fsp3) is 0.867. The minimum atomic E-state index is -1.13. The van der Waals surface area contributed by atoms with Crippen LogP contribution in [0.1, 0.15) is 310 Å². The summed E-state index contributed by atoms with van der Waals surface area (Å²) in [4.78, 5) is 42.8.